The SMILES string of the molecule is CCOCCCNC(N)=NCc1cc(Br)ccc1OC.I. The Bertz CT molecular complexity index is 444. The van der Waals surface area contributed by atoms with Gasteiger partial charge in [0.25, 0.3) is 0 Å². The molecular weight excluding hydrogens is 449 g/mol. The average molecular weight is 472 g/mol. The van der Waals surface area contributed by atoms with Crippen LogP contribution in [0.15, 0.2) is 27.7 Å². The number of guanidine groups is 1. The van der Waals surface area contributed by atoms with Gasteiger partial charge < -0.3 is 20.5 Å². The molecule has 0 saturated carbocycles. The summed E-state index contributed by atoms with van der Waals surface area (Å²) in [6.45, 7) is 4.69. The highest BCUT2D eigenvalue weighted by Crippen LogP contribution is 2.23. The number of nitrogens with one attached hydrogen (secondary N) is 1. The first-order valence-electron chi connectivity index (χ1n) is 6.61. The largest absolute Gasteiger partial charge is 0.496 e. The number of rotatable bonds is 8. The van der Waals surface area contributed by atoms with E-state index < -0.39 is 0 Å². The minimum Gasteiger partial charge on any atom is -0.496 e. The second-order valence-electron chi connectivity index (χ2n) is 4.13. The molecule has 0 unspecified atom stereocenters. The molecule has 0 atom stereocenters. The highest BCUT2D eigenvalue weighted by Gasteiger charge is 2.03. The molecule has 120 valence electrons. The number of nitrogens with zero attached hydrogens (tertiary/aromatic N) is 1. The molecule has 0 fully saturated rings. The maximum atomic E-state index is 5.81. The third-order valence-corrected chi connectivity index (χ3v) is 3.13. The number of nitrogens with two attached hydrogens (primary N) is 1. The quantitative estimate of drug-likeness (QED) is 0.265. The van der Waals surface area contributed by atoms with Crippen LogP contribution in [0.4, 0.5) is 0 Å². The number of halogens is 2. The van der Waals surface area contributed by atoms with Gasteiger partial charge in [0.05, 0.1) is 13.7 Å². The van der Waals surface area contributed by atoms with Crippen molar-refractivity contribution < 1.29 is 9.47 Å². The van der Waals surface area contributed by atoms with Gasteiger partial charge in [-0.25, -0.2) is 4.99 Å². The van der Waals surface area contributed by atoms with E-state index in [2.05, 4.69) is 26.2 Å². The zero-order chi connectivity index (χ0) is 14.8. The monoisotopic (exact) mass is 471 g/mol. The van der Waals surface area contributed by atoms with Gasteiger partial charge in [-0.1, -0.05) is 15.9 Å². The Kier molecular flexibility index (Phi) is 11.7. The zero-order valence-electron chi connectivity index (χ0n) is 12.4. The van der Waals surface area contributed by atoms with Crippen molar-refractivity contribution in [1.29, 1.82) is 0 Å². The van der Waals surface area contributed by atoms with Gasteiger partial charge in [0.2, 0.25) is 0 Å². The lowest BCUT2D eigenvalue weighted by Gasteiger charge is -2.08. The van der Waals surface area contributed by atoms with Crippen LogP contribution >= 0.6 is 39.9 Å². The molecular formula is C14H23BrIN3O2. The summed E-state index contributed by atoms with van der Waals surface area (Å²) in [6, 6.07) is 5.81. The van der Waals surface area contributed by atoms with Crippen LogP contribution in [0.25, 0.3) is 0 Å². The summed E-state index contributed by atoms with van der Waals surface area (Å²) in [5.74, 6) is 1.24. The lowest BCUT2D eigenvalue weighted by atomic mass is 10.2. The Hall–Kier alpha value is -0.540. The van der Waals surface area contributed by atoms with Crippen molar-refractivity contribution in [1.82, 2.24) is 5.32 Å². The van der Waals surface area contributed by atoms with Gasteiger partial charge in [-0.3, -0.25) is 0 Å². The van der Waals surface area contributed by atoms with Gasteiger partial charge in [0.15, 0.2) is 5.96 Å². The van der Waals surface area contributed by atoms with Crippen LogP contribution in [0.5, 0.6) is 5.75 Å². The first-order chi connectivity index (χ1) is 9.67. The van der Waals surface area contributed by atoms with Crippen molar-refractivity contribution in [2.75, 3.05) is 26.9 Å². The van der Waals surface area contributed by atoms with Crippen molar-refractivity contribution in [3.05, 3.63) is 28.2 Å². The van der Waals surface area contributed by atoms with Crippen molar-refractivity contribution in [3.8, 4) is 5.75 Å². The van der Waals surface area contributed by atoms with Crippen LogP contribution in [-0.4, -0.2) is 32.8 Å². The van der Waals surface area contributed by atoms with Crippen molar-refractivity contribution >= 4 is 45.9 Å². The van der Waals surface area contributed by atoms with Crippen LogP contribution < -0.4 is 15.8 Å². The summed E-state index contributed by atoms with van der Waals surface area (Å²) in [5.41, 5.74) is 6.80. The molecule has 0 aromatic heterocycles. The second kappa shape index (κ2) is 12.0. The second-order valence-corrected chi connectivity index (χ2v) is 5.05. The van der Waals surface area contributed by atoms with E-state index in [0.29, 0.717) is 12.5 Å². The Labute approximate surface area is 151 Å². The number of hydrogen-bond acceptors (Lipinski definition) is 3. The molecule has 3 N–H and O–H groups in total. The van der Waals surface area contributed by atoms with E-state index in [1.807, 2.05) is 25.1 Å². The lowest BCUT2D eigenvalue weighted by molar-refractivity contribution is 0.145. The van der Waals surface area contributed by atoms with E-state index in [4.69, 9.17) is 15.2 Å². The first kappa shape index (κ1) is 20.5. The summed E-state index contributed by atoms with van der Waals surface area (Å²) in [6.07, 6.45) is 0.907. The molecule has 1 rings (SSSR count). The summed E-state index contributed by atoms with van der Waals surface area (Å²) in [5, 5.41) is 3.06. The van der Waals surface area contributed by atoms with Crippen LogP contribution in [-0.2, 0) is 11.3 Å². The number of aliphatic imine (C=N–C) groups is 1. The highest BCUT2D eigenvalue weighted by molar-refractivity contribution is 14.0. The molecule has 1 aromatic carbocycles. The summed E-state index contributed by atoms with van der Waals surface area (Å²) >= 11 is 3.43. The molecule has 0 aliphatic heterocycles. The summed E-state index contributed by atoms with van der Waals surface area (Å²) in [4.78, 5) is 4.30. The summed E-state index contributed by atoms with van der Waals surface area (Å²) in [7, 11) is 1.64. The molecule has 0 saturated heterocycles. The van der Waals surface area contributed by atoms with Gasteiger partial charge in [-0.2, -0.15) is 0 Å². The Morgan fingerprint density at radius 2 is 2.19 bits per heavy atom. The van der Waals surface area contributed by atoms with Gasteiger partial charge in [0, 0.05) is 29.8 Å². The van der Waals surface area contributed by atoms with E-state index in [1.54, 1.807) is 7.11 Å². The molecule has 0 amide bonds. The standard InChI is InChI=1S/C14H22BrN3O2.HI/c1-3-20-8-4-7-17-14(16)18-10-11-9-12(15)5-6-13(11)19-2;/h5-6,9H,3-4,7-8,10H2,1-2H3,(H3,16,17,18);1H. The fourth-order valence-electron chi connectivity index (χ4n) is 1.63. The third-order valence-electron chi connectivity index (χ3n) is 2.64. The topological polar surface area (TPSA) is 68.9 Å². The van der Waals surface area contributed by atoms with Gasteiger partial charge in [-0.05, 0) is 31.5 Å². The number of hydrogen-bond donors (Lipinski definition) is 2. The predicted molar refractivity (Wildman–Crippen MR) is 101 cm³/mol. The third kappa shape index (κ3) is 8.47. The molecule has 5 nitrogen and oxygen atoms in total. The number of benzene rings is 1. The molecule has 0 heterocycles. The number of ether oxygens (including phenoxy) is 2. The van der Waals surface area contributed by atoms with Crippen LogP contribution in [0, 0.1) is 0 Å². The number of methoxy groups -OCH3 is 1. The molecule has 0 aliphatic rings. The normalized spacial score (nSPS) is 10.9. The van der Waals surface area contributed by atoms with Crippen molar-refractivity contribution in [2.24, 2.45) is 10.7 Å². The molecule has 0 radical (unpaired) electrons. The van der Waals surface area contributed by atoms with E-state index in [0.717, 1.165) is 42.0 Å². The zero-order valence-corrected chi connectivity index (χ0v) is 16.3. The minimum absolute atomic E-state index is 0. The van der Waals surface area contributed by atoms with Crippen LogP contribution in [0.3, 0.4) is 0 Å². The van der Waals surface area contributed by atoms with Crippen molar-refractivity contribution in [2.45, 2.75) is 19.9 Å². The molecule has 21 heavy (non-hydrogen) atoms. The molecule has 0 spiro atoms. The fourth-order valence-corrected chi connectivity index (χ4v) is 2.04. The first-order valence-corrected chi connectivity index (χ1v) is 7.40. The Morgan fingerprint density at radius 3 is 2.86 bits per heavy atom. The fraction of sp³-hybridized carbons (Fsp3) is 0.500. The smallest absolute Gasteiger partial charge is 0.188 e. The molecule has 1 aromatic rings. The van der Waals surface area contributed by atoms with Gasteiger partial charge >= 0.3 is 0 Å². The molecule has 0 bridgehead atoms. The average Bonchev–Trinajstić information content (AvgIpc) is 2.45. The molecule has 0 aliphatic carbocycles. The maximum Gasteiger partial charge on any atom is 0.188 e. The minimum atomic E-state index is 0. The van der Waals surface area contributed by atoms with Gasteiger partial charge in [-0.15, -0.1) is 24.0 Å². The van der Waals surface area contributed by atoms with E-state index >= 15 is 0 Å². The van der Waals surface area contributed by atoms with E-state index in [1.165, 1.54) is 0 Å². The van der Waals surface area contributed by atoms with Gasteiger partial charge in [0.1, 0.15) is 5.75 Å². The summed E-state index contributed by atoms with van der Waals surface area (Å²) < 4.78 is 11.5. The highest BCUT2D eigenvalue weighted by atomic mass is 127. The van der Waals surface area contributed by atoms with Crippen LogP contribution in [0.1, 0.15) is 18.9 Å². The Balaban J connectivity index is 0.00000400. The Morgan fingerprint density at radius 1 is 1.43 bits per heavy atom. The molecule has 7 heteroatoms. The van der Waals surface area contributed by atoms with Crippen molar-refractivity contribution in [3.63, 3.8) is 0 Å². The maximum absolute atomic E-state index is 5.81. The van der Waals surface area contributed by atoms with E-state index in [-0.39, 0.29) is 24.0 Å². The lowest BCUT2D eigenvalue weighted by Crippen LogP contribution is -2.32. The van der Waals surface area contributed by atoms with E-state index in [9.17, 15) is 0 Å². The van der Waals surface area contributed by atoms with Crippen LogP contribution in [0.2, 0.25) is 0 Å². The predicted octanol–water partition coefficient (Wildman–Crippen LogP) is 2.91.